The second-order valence-corrected chi connectivity index (χ2v) is 5.14. The van der Waals surface area contributed by atoms with Crippen LogP contribution in [0.3, 0.4) is 0 Å². The summed E-state index contributed by atoms with van der Waals surface area (Å²) in [5, 5.41) is 3.81. The van der Waals surface area contributed by atoms with Crippen LogP contribution in [0, 0.1) is 0 Å². The number of anilines is 1. The van der Waals surface area contributed by atoms with Crippen molar-refractivity contribution in [2.45, 2.75) is 19.9 Å². The number of hydrogen-bond acceptors (Lipinski definition) is 3. The number of carbonyl (C=O) groups excluding carboxylic acids is 1. The third-order valence-electron chi connectivity index (χ3n) is 3.30. The van der Waals surface area contributed by atoms with Crippen LogP contribution >= 0.6 is 11.6 Å². The smallest absolute Gasteiger partial charge is 0.339 e. The fourth-order valence-corrected chi connectivity index (χ4v) is 2.21. The number of halogens is 1. The van der Waals surface area contributed by atoms with Gasteiger partial charge < -0.3 is 10.1 Å². The van der Waals surface area contributed by atoms with Crippen LogP contribution in [0.1, 0.15) is 28.4 Å². The second kappa shape index (κ2) is 7.14. The number of esters is 1. The Morgan fingerprint density at radius 2 is 1.81 bits per heavy atom. The minimum Gasteiger partial charge on any atom is -0.465 e. The first-order chi connectivity index (χ1) is 10.1. The van der Waals surface area contributed by atoms with E-state index in [1.54, 1.807) is 18.2 Å². The van der Waals surface area contributed by atoms with E-state index in [1.807, 2.05) is 0 Å². The number of nitrogens with one attached hydrogen (secondary N) is 1. The first-order valence-corrected chi connectivity index (χ1v) is 7.21. The SMILES string of the molecule is CCc1ccc(CNc2cc(Cl)ccc2C(=O)OC)cc1. The van der Waals surface area contributed by atoms with Gasteiger partial charge in [0.15, 0.2) is 0 Å². The lowest BCUT2D eigenvalue weighted by Gasteiger charge is -2.11. The van der Waals surface area contributed by atoms with Crippen molar-refractivity contribution < 1.29 is 9.53 Å². The lowest BCUT2D eigenvalue weighted by atomic mass is 10.1. The molecule has 0 aliphatic heterocycles. The van der Waals surface area contributed by atoms with Crippen LogP contribution < -0.4 is 5.32 Å². The average molecular weight is 304 g/mol. The van der Waals surface area contributed by atoms with Gasteiger partial charge in [-0.25, -0.2) is 4.79 Å². The number of benzene rings is 2. The minimum atomic E-state index is -0.379. The predicted molar refractivity (Wildman–Crippen MR) is 85.9 cm³/mol. The summed E-state index contributed by atoms with van der Waals surface area (Å²) in [6, 6.07) is 13.4. The number of rotatable bonds is 5. The van der Waals surface area contributed by atoms with E-state index in [9.17, 15) is 4.79 Å². The summed E-state index contributed by atoms with van der Waals surface area (Å²) in [6.07, 6.45) is 1.02. The molecule has 1 N–H and O–H groups in total. The molecular weight excluding hydrogens is 286 g/mol. The molecule has 0 saturated carbocycles. The van der Waals surface area contributed by atoms with Crippen LogP contribution in [0.5, 0.6) is 0 Å². The minimum absolute atomic E-state index is 0.379. The van der Waals surface area contributed by atoms with Gasteiger partial charge in [-0.1, -0.05) is 42.8 Å². The highest BCUT2D eigenvalue weighted by molar-refractivity contribution is 6.31. The largest absolute Gasteiger partial charge is 0.465 e. The zero-order valence-corrected chi connectivity index (χ0v) is 12.9. The zero-order valence-electron chi connectivity index (χ0n) is 12.2. The summed E-state index contributed by atoms with van der Waals surface area (Å²) in [5.41, 5.74) is 3.60. The molecule has 2 rings (SSSR count). The van der Waals surface area contributed by atoms with Gasteiger partial charge in [-0.3, -0.25) is 0 Å². The number of methoxy groups -OCH3 is 1. The molecular formula is C17H18ClNO2. The standard InChI is InChI=1S/C17H18ClNO2/c1-3-12-4-6-13(7-5-12)11-19-16-10-14(18)8-9-15(16)17(20)21-2/h4-10,19H,3,11H2,1-2H3. The van der Waals surface area contributed by atoms with Crippen LogP contribution in [0.4, 0.5) is 5.69 Å². The molecule has 0 atom stereocenters. The highest BCUT2D eigenvalue weighted by Gasteiger charge is 2.12. The Balaban J connectivity index is 2.14. The van der Waals surface area contributed by atoms with Gasteiger partial charge in [-0.05, 0) is 35.7 Å². The maximum absolute atomic E-state index is 11.7. The molecule has 110 valence electrons. The van der Waals surface area contributed by atoms with Crippen LogP contribution in [-0.2, 0) is 17.7 Å². The number of ether oxygens (including phenoxy) is 1. The topological polar surface area (TPSA) is 38.3 Å². The highest BCUT2D eigenvalue weighted by Crippen LogP contribution is 2.22. The lowest BCUT2D eigenvalue weighted by Crippen LogP contribution is -2.08. The van der Waals surface area contributed by atoms with Crippen molar-refractivity contribution in [2.24, 2.45) is 0 Å². The van der Waals surface area contributed by atoms with Gasteiger partial charge in [0.1, 0.15) is 0 Å². The van der Waals surface area contributed by atoms with Gasteiger partial charge in [-0.15, -0.1) is 0 Å². The van der Waals surface area contributed by atoms with E-state index in [-0.39, 0.29) is 5.97 Å². The highest BCUT2D eigenvalue weighted by atomic mass is 35.5. The quantitative estimate of drug-likeness (QED) is 0.837. The van der Waals surface area contributed by atoms with E-state index < -0.39 is 0 Å². The van der Waals surface area contributed by atoms with Crippen molar-refractivity contribution in [3.8, 4) is 0 Å². The maximum Gasteiger partial charge on any atom is 0.339 e. The van der Waals surface area contributed by atoms with Crippen LogP contribution in [0.15, 0.2) is 42.5 Å². The molecule has 0 fully saturated rings. The summed E-state index contributed by atoms with van der Waals surface area (Å²) < 4.78 is 4.78. The van der Waals surface area contributed by atoms with Gasteiger partial charge in [0.05, 0.1) is 18.4 Å². The molecule has 0 spiro atoms. The predicted octanol–water partition coefficient (Wildman–Crippen LogP) is 4.30. The number of carbonyl (C=O) groups is 1. The van der Waals surface area contributed by atoms with E-state index in [0.717, 1.165) is 12.0 Å². The van der Waals surface area contributed by atoms with Gasteiger partial charge in [-0.2, -0.15) is 0 Å². The van der Waals surface area contributed by atoms with Crippen molar-refractivity contribution in [3.63, 3.8) is 0 Å². The van der Waals surface area contributed by atoms with E-state index >= 15 is 0 Å². The van der Waals surface area contributed by atoms with E-state index in [0.29, 0.717) is 22.8 Å². The molecule has 0 unspecified atom stereocenters. The fourth-order valence-electron chi connectivity index (χ4n) is 2.04. The van der Waals surface area contributed by atoms with Crippen LogP contribution in [0.2, 0.25) is 5.02 Å². The van der Waals surface area contributed by atoms with Gasteiger partial charge in [0.25, 0.3) is 0 Å². The van der Waals surface area contributed by atoms with E-state index in [4.69, 9.17) is 16.3 Å². The molecule has 0 heterocycles. The molecule has 0 aliphatic carbocycles. The molecule has 2 aromatic carbocycles. The van der Waals surface area contributed by atoms with Crippen LogP contribution in [-0.4, -0.2) is 13.1 Å². The third-order valence-corrected chi connectivity index (χ3v) is 3.54. The van der Waals surface area contributed by atoms with Crippen molar-refractivity contribution >= 4 is 23.3 Å². The van der Waals surface area contributed by atoms with E-state index in [2.05, 4.69) is 36.5 Å². The summed E-state index contributed by atoms with van der Waals surface area (Å²) in [6.45, 7) is 2.75. The molecule has 2 aromatic rings. The average Bonchev–Trinajstić information content (AvgIpc) is 2.52. The lowest BCUT2D eigenvalue weighted by molar-refractivity contribution is 0.0602. The molecule has 0 saturated heterocycles. The molecule has 0 bridgehead atoms. The monoisotopic (exact) mass is 303 g/mol. The number of aryl methyl sites for hydroxylation is 1. The van der Waals surface area contributed by atoms with Crippen LogP contribution in [0.25, 0.3) is 0 Å². The molecule has 3 nitrogen and oxygen atoms in total. The van der Waals surface area contributed by atoms with Gasteiger partial charge in [0.2, 0.25) is 0 Å². The first kappa shape index (κ1) is 15.4. The van der Waals surface area contributed by atoms with Gasteiger partial charge in [0, 0.05) is 11.6 Å². The van der Waals surface area contributed by atoms with Crippen molar-refractivity contribution in [2.75, 3.05) is 12.4 Å². The maximum atomic E-state index is 11.7. The molecule has 4 heteroatoms. The third kappa shape index (κ3) is 3.99. The molecule has 0 aromatic heterocycles. The summed E-state index contributed by atoms with van der Waals surface area (Å²) >= 11 is 5.99. The Morgan fingerprint density at radius 3 is 2.43 bits per heavy atom. The Labute approximate surface area is 129 Å². The summed E-state index contributed by atoms with van der Waals surface area (Å²) in [7, 11) is 1.37. The fraction of sp³-hybridized carbons (Fsp3) is 0.235. The van der Waals surface area contributed by atoms with Crippen molar-refractivity contribution in [1.82, 2.24) is 0 Å². The number of hydrogen-bond donors (Lipinski definition) is 1. The van der Waals surface area contributed by atoms with Crippen molar-refractivity contribution in [1.29, 1.82) is 0 Å². The normalized spacial score (nSPS) is 10.2. The Bertz CT molecular complexity index is 623. The van der Waals surface area contributed by atoms with Gasteiger partial charge >= 0.3 is 5.97 Å². The Hall–Kier alpha value is -2.00. The second-order valence-electron chi connectivity index (χ2n) is 4.71. The molecule has 0 amide bonds. The molecule has 0 aliphatic rings. The van der Waals surface area contributed by atoms with E-state index in [1.165, 1.54) is 12.7 Å². The Kier molecular flexibility index (Phi) is 5.23. The van der Waals surface area contributed by atoms with Crippen molar-refractivity contribution in [3.05, 3.63) is 64.2 Å². The molecule has 21 heavy (non-hydrogen) atoms. The molecule has 0 radical (unpaired) electrons. The summed E-state index contributed by atoms with van der Waals surface area (Å²) in [4.78, 5) is 11.7. The summed E-state index contributed by atoms with van der Waals surface area (Å²) in [5.74, 6) is -0.379. The Morgan fingerprint density at radius 1 is 1.14 bits per heavy atom. The first-order valence-electron chi connectivity index (χ1n) is 6.83. The zero-order chi connectivity index (χ0) is 15.2.